The van der Waals surface area contributed by atoms with E-state index in [-0.39, 0.29) is 47.8 Å². The largest absolute Gasteiger partial charge is 0.460 e. The molecule has 2 fully saturated rings. The second kappa shape index (κ2) is 23.4. The van der Waals surface area contributed by atoms with Crippen LogP contribution in [0.4, 0.5) is 61.5 Å². The maximum atomic E-state index is 12.9. The first-order valence-electron chi connectivity index (χ1n) is 16.9. The van der Waals surface area contributed by atoms with Crippen LogP contribution < -0.4 is 0 Å². The van der Waals surface area contributed by atoms with Gasteiger partial charge in [0.25, 0.3) is 11.6 Å². The molecule has 10 unspecified atom stereocenters. The molecule has 0 amide bonds. The fourth-order valence-electron chi connectivity index (χ4n) is 3.75. The second-order valence-electron chi connectivity index (χ2n) is 15.1. The molecule has 16 nitrogen and oxygen atoms in total. The van der Waals surface area contributed by atoms with E-state index in [2.05, 4.69) is 9.47 Å². The van der Waals surface area contributed by atoms with Crippen LogP contribution in [0.1, 0.15) is 41.5 Å². The molecule has 63 heavy (non-hydrogen) atoms. The van der Waals surface area contributed by atoms with Crippen molar-refractivity contribution in [1.82, 2.24) is 0 Å². The Morgan fingerprint density at radius 1 is 0.444 bits per heavy atom. The van der Waals surface area contributed by atoms with Gasteiger partial charge < -0.3 is 79.7 Å². The third-order valence-electron chi connectivity index (χ3n) is 8.00. The van der Waals surface area contributed by atoms with Crippen LogP contribution >= 0.6 is 0 Å². The van der Waals surface area contributed by atoms with Gasteiger partial charge in [-0.05, 0) is 0 Å². The van der Waals surface area contributed by atoms with E-state index in [0.29, 0.717) is 0 Å². The number of aliphatic hydroxyl groups is 8. The Morgan fingerprint density at radius 3 is 0.841 bits per heavy atom. The zero-order chi connectivity index (χ0) is 50.3. The molecule has 0 aliphatic carbocycles. The van der Waals surface area contributed by atoms with Gasteiger partial charge in [0.2, 0.25) is 0 Å². The Kier molecular flexibility index (Phi) is 24.1. The van der Waals surface area contributed by atoms with Gasteiger partial charge in [0.15, 0.2) is 49.6 Å². The van der Waals surface area contributed by atoms with Crippen molar-refractivity contribution in [2.75, 3.05) is 13.2 Å². The molecule has 0 bridgehead atoms. The zero-order valence-corrected chi connectivity index (χ0v) is 34.9. The monoisotopic (exact) mass is 1000 g/mol. The van der Waals surface area contributed by atoms with Crippen LogP contribution in [0.25, 0.3) is 0 Å². The van der Waals surface area contributed by atoms with E-state index < -0.39 is 131 Å². The van der Waals surface area contributed by atoms with Gasteiger partial charge in [0, 0.05) is 32.5 Å². The van der Waals surface area contributed by atoms with Crippen LogP contribution in [0.2, 0.25) is 0 Å². The third kappa shape index (κ3) is 16.5. The normalized spacial score (nSPS) is 27.3. The average molecular weight is 1000 g/mol. The van der Waals surface area contributed by atoms with Gasteiger partial charge in [0.1, 0.15) is 36.6 Å². The van der Waals surface area contributed by atoms with Crippen LogP contribution in [0.15, 0.2) is 0 Å². The summed E-state index contributed by atoms with van der Waals surface area (Å²) in [7, 11) is 0. The van der Waals surface area contributed by atoms with Crippen molar-refractivity contribution in [1.29, 1.82) is 0 Å². The van der Waals surface area contributed by atoms with E-state index in [1.54, 1.807) is 0 Å². The summed E-state index contributed by atoms with van der Waals surface area (Å²) in [5.74, 6) is -31.8. The van der Waals surface area contributed by atoms with Crippen molar-refractivity contribution in [2.45, 2.75) is 139 Å². The molecule has 10 atom stereocenters. The number of rotatable bonds is 10. The minimum atomic E-state index is -6.55. The first-order chi connectivity index (χ1) is 27.2. The van der Waals surface area contributed by atoms with E-state index in [1.165, 1.54) is 41.5 Å². The predicted octanol–water partition coefficient (Wildman–Crippen LogP) is -0.662. The molecule has 2 rings (SSSR count). The van der Waals surface area contributed by atoms with Gasteiger partial charge in [0.05, 0.1) is 0 Å². The van der Waals surface area contributed by atoms with Crippen molar-refractivity contribution in [3.63, 3.8) is 0 Å². The molecule has 0 aromatic heterocycles. The molecule has 0 radical (unpaired) electrons. The Bertz CT molecular complexity index is 1370. The van der Waals surface area contributed by atoms with Crippen LogP contribution in [0.3, 0.4) is 0 Å². The summed E-state index contributed by atoms with van der Waals surface area (Å²) >= 11 is 0. The SMILES string of the molecule is CC(C)(C)C(=[OH+])[CH-]C(=[OH+])C(F)(F)C(F)(F)C(F)(F)F.CC(C)(C)C(=[OH+])[CH-]C(=[OH+])C(F)(F)C(F)(F)C(F)(F)F.OC1OC(C[OH2+])C(O)C(O)C1O.OC1OC(C[OH2+])C(O)C(O)C1O.[Ti]. The molecule has 31 heteroatoms. The summed E-state index contributed by atoms with van der Waals surface area (Å²) < 4.78 is 182. The van der Waals surface area contributed by atoms with E-state index in [9.17, 15) is 71.1 Å². The molecule has 2 heterocycles. The maximum absolute atomic E-state index is 12.9. The molecular formula is C32H50F14O16Ti+4. The molecule has 2 aliphatic rings. The van der Waals surface area contributed by atoms with Crippen LogP contribution in [-0.2, 0) is 31.2 Å². The number of alkyl halides is 14. The number of ether oxygens (including phenoxy) is 2. The number of halogens is 14. The molecule has 2 aliphatic heterocycles. The van der Waals surface area contributed by atoms with E-state index in [1.807, 2.05) is 0 Å². The fraction of sp³-hybridized carbons (Fsp3) is 0.812. The molecular weight excluding hydrogens is 954 g/mol. The van der Waals surface area contributed by atoms with Gasteiger partial charge in [-0.3, -0.25) is 0 Å². The minimum absolute atomic E-state index is 0. The van der Waals surface area contributed by atoms with Gasteiger partial charge in [-0.2, -0.15) is 61.5 Å². The third-order valence-corrected chi connectivity index (χ3v) is 8.00. The van der Waals surface area contributed by atoms with Gasteiger partial charge in [-0.15, -0.1) is 12.8 Å². The molecule has 0 aromatic carbocycles. The van der Waals surface area contributed by atoms with Gasteiger partial charge in [-0.1, -0.05) is 41.5 Å². The topological polar surface area (TPSA) is 312 Å². The Morgan fingerprint density at radius 2 is 0.667 bits per heavy atom. The quantitative estimate of drug-likeness (QED) is 0.0449. The van der Waals surface area contributed by atoms with E-state index >= 15 is 0 Å². The zero-order valence-electron chi connectivity index (χ0n) is 33.3. The Labute approximate surface area is 361 Å². The standard InChI is InChI=1S/2C10H10F7O2.2C6H12O6.Ti/c2*1-7(2,3)5(18)4-6(19)8(11,12)9(13,14)10(15,16)17;2*7-1-2-3(8)4(9)5(10)6(11)12-2;/h2*4H,1-3H3;2*2-11H,1H2;/q2*-1;;;/p+6. The summed E-state index contributed by atoms with van der Waals surface area (Å²) in [6.45, 7) is 7.07. The van der Waals surface area contributed by atoms with Crippen LogP contribution in [0, 0.1) is 23.7 Å². The Balaban J connectivity index is -0.000000773. The first kappa shape index (κ1) is 65.0. The van der Waals surface area contributed by atoms with Crippen LogP contribution in [0.5, 0.6) is 0 Å². The number of aliphatic hydroxyl groups excluding tert-OH is 8. The molecule has 0 spiro atoms. The van der Waals surface area contributed by atoms with E-state index in [0.717, 1.165) is 0 Å². The molecule has 372 valence electrons. The number of hydrogen-bond acceptors (Lipinski definition) is 10. The maximum Gasteiger partial charge on any atom is 0.460 e. The molecule has 0 aromatic rings. The summed E-state index contributed by atoms with van der Waals surface area (Å²) in [6.07, 6.45) is -27.0. The van der Waals surface area contributed by atoms with Gasteiger partial charge in [-0.25, -0.2) is 0 Å². The summed E-state index contributed by atoms with van der Waals surface area (Å²) in [4.78, 5) is 35.9. The molecule has 0 saturated carbocycles. The first-order valence-corrected chi connectivity index (χ1v) is 16.9. The smallest absolute Gasteiger partial charge is 0.443 e. The summed E-state index contributed by atoms with van der Waals surface area (Å²) in [6, 6.07) is 0. The number of ketones is 4. The summed E-state index contributed by atoms with van der Waals surface area (Å²) in [5.41, 5.74) is -2.42. The van der Waals surface area contributed by atoms with Crippen molar-refractivity contribution in [3.05, 3.63) is 12.8 Å². The van der Waals surface area contributed by atoms with Crippen molar-refractivity contribution >= 4 is 23.1 Å². The van der Waals surface area contributed by atoms with Crippen LogP contribution in [-0.4, -0.2) is 204 Å². The molecule has 2 saturated heterocycles. The molecule has 16 N–H and O–H groups in total. The number of hydrogen-bond donors (Lipinski definition) is 8. The Hall–Kier alpha value is -2.33. The minimum Gasteiger partial charge on any atom is -0.443 e. The van der Waals surface area contributed by atoms with Crippen molar-refractivity contribution in [2.24, 2.45) is 10.8 Å². The van der Waals surface area contributed by atoms with Gasteiger partial charge >= 0.3 is 36.0 Å². The predicted molar refractivity (Wildman–Crippen MR) is 182 cm³/mol. The fourth-order valence-corrected chi connectivity index (χ4v) is 3.75. The second-order valence-corrected chi connectivity index (χ2v) is 15.1. The van der Waals surface area contributed by atoms with Crippen molar-refractivity contribution < 1.29 is 163 Å². The summed E-state index contributed by atoms with van der Waals surface area (Å²) in [5, 5.41) is 86.1. The van der Waals surface area contributed by atoms with Crippen molar-refractivity contribution in [3.8, 4) is 0 Å². The average Bonchev–Trinajstić information content (AvgIpc) is 3.11. The number of carbonyl (C=O) groups excluding carboxylic acids is 4. The van der Waals surface area contributed by atoms with E-state index in [4.69, 9.17) is 60.7 Å².